The molecule has 1 saturated heterocycles. The van der Waals surface area contributed by atoms with Crippen LogP contribution in [0.3, 0.4) is 0 Å². The van der Waals surface area contributed by atoms with Crippen LogP contribution < -0.4 is 5.32 Å². The number of amides is 1. The molecule has 178 valence electrons. The van der Waals surface area contributed by atoms with Gasteiger partial charge in [-0.2, -0.15) is 0 Å². The summed E-state index contributed by atoms with van der Waals surface area (Å²) >= 11 is 6.01. The number of carbonyl (C=O) groups excluding carboxylic acids is 1. The predicted molar refractivity (Wildman–Crippen MR) is 133 cm³/mol. The minimum atomic E-state index is -3.27. The maximum Gasteiger partial charge on any atom is 0.251 e. The van der Waals surface area contributed by atoms with E-state index in [1.54, 1.807) is 12.1 Å². The van der Waals surface area contributed by atoms with Gasteiger partial charge in [0.1, 0.15) is 0 Å². The Morgan fingerprint density at radius 1 is 0.970 bits per heavy atom. The van der Waals surface area contributed by atoms with Gasteiger partial charge in [0.2, 0.25) is 0 Å². The highest BCUT2D eigenvalue weighted by Gasteiger charge is 2.33. The molecule has 1 amide bonds. The molecule has 2 fully saturated rings. The maximum atomic E-state index is 12.9. The van der Waals surface area contributed by atoms with Crippen molar-refractivity contribution < 1.29 is 13.2 Å². The Balaban J connectivity index is 1.33. The standard InChI is InChI=1S/C26H33ClN2O3S/c1-33(31,32)23-12-8-21(9-13-23)26(30)28-24-4-2-3-5-25(24)29-16-14-20(15-17-29)18-19-6-10-22(27)11-7-19/h6-13,20,24-25H,2-5,14-18H2,1H3,(H,28,30)/t24-,25-/m1/s1. The third-order valence-electron chi connectivity index (χ3n) is 7.15. The van der Waals surface area contributed by atoms with Gasteiger partial charge in [-0.15, -0.1) is 0 Å². The van der Waals surface area contributed by atoms with Gasteiger partial charge in [-0.25, -0.2) is 8.42 Å². The van der Waals surface area contributed by atoms with E-state index in [-0.39, 0.29) is 16.8 Å². The van der Waals surface area contributed by atoms with Crippen LogP contribution in [0.2, 0.25) is 5.02 Å². The average molecular weight is 489 g/mol. The molecule has 1 N–H and O–H groups in total. The number of carbonyl (C=O) groups is 1. The SMILES string of the molecule is CS(=O)(=O)c1ccc(C(=O)N[C@@H]2CCCC[C@H]2N2CCC(Cc3ccc(Cl)cc3)CC2)cc1. The molecule has 0 bridgehead atoms. The number of likely N-dealkylation sites (tertiary alicyclic amines) is 1. The van der Waals surface area contributed by atoms with Crippen molar-refractivity contribution in [2.45, 2.75) is 61.9 Å². The molecule has 1 aliphatic heterocycles. The number of piperidine rings is 1. The Kier molecular flexibility index (Phi) is 7.77. The number of halogens is 1. The zero-order chi connectivity index (χ0) is 23.4. The summed E-state index contributed by atoms with van der Waals surface area (Å²) in [5.41, 5.74) is 1.86. The van der Waals surface area contributed by atoms with Gasteiger partial charge in [0.05, 0.1) is 4.90 Å². The maximum absolute atomic E-state index is 12.9. The lowest BCUT2D eigenvalue weighted by Gasteiger charge is -2.43. The van der Waals surface area contributed by atoms with Crippen LogP contribution in [0.5, 0.6) is 0 Å². The highest BCUT2D eigenvalue weighted by atomic mass is 35.5. The van der Waals surface area contributed by atoms with Crippen molar-refractivity contribution in [2.24, 2.45) is 5.92 Å². The molecule has 1 saturated carbocycles. The van der Waals surface area contributed by atoms with Crippen LogP contribution in [0, 0.1) is 5.92 Å². The van der Waals surface area contributed by atoms with E-state index in [4.69, 9.17) is 11.6 Å². The first kappa shape index (κ1) is 24.2. The van der Waals surface area contributed by atoms with Crippen LogP contribution in [0.4, 0.5) is 0 Å². The zero-order valence-electron chi connectivity index (χ0n) is 19.2. The number of nitrogens with one attached hydrogen (secondary N) is 1. The summed E-state index contributed by atoms with van der Waals surface area (Å²) in [6.07, 6.45) is 9.04. The molecule has 1 heterocycles. The van der Waals surface area contributed by atoms with Crippen LogP contribution >= 0.6 is 11.6 Å². The monoisotopic (exact) mass is 488 g/mol. The Morgan fingerprint density at radius 3 is 2.24 bits per heavy atom. The summed E-state index contributed by atoms with van der Waals surface area (Å²) in [5.74, 6) is 0.567. The zero-order valence-corrected chi connectivity index (χ0v) is 20.7. The third-order valence-corrected chi connectivity index (χ3v) is 8.53. The Bertz CT molecular complexity index is 1050. The fraction of sp³-hybridized carbons (Fsp3) is 0.500. The first-order chi connectivity index (χ1) is 15.8. The van der Waals surface area contributed by atoms with E-state index in [0.29, 0.717) is 17.5 Å². The fourth-order valence-electron chi connectivity index (χ4n) is 5.26. The summed E-state index contributed by atoms with van der Waals surface area (Å²) in [5, 5.41) is 4.04. The second-order valence-corrected chi connectivity index (χ2v) is 12.0. The van der Waals surface area contributed by atoms with E-state index in [9.17, 15) is 13.2 Å². The lowest BCUT2D eigenvalue weighted by molar-refractivity contribution is 0.0706. The van der Waals surface area contributed by atoms with Gasteiger partial charge in [-0.3, -0.25) is 9.69 Å². The van der Waals surface area contributed by atoms with E-state index < -0.39 is 9.84 Å². The molecule has 0 radical (unpaired) electrons. The first-order valence-corrected chi connectivity index (χ1v) is 14.2. The predicted octanol–water partition coefficient (Wildman–Crippen LogP) is 4.74. The third kappa shape index (κ3) is 6.37. The fourth-order valence-corrected chi connectivity index (χ4v) is 6.02. The van der Waals surface area contributed by atoms with Crippen molar-refractivity contribution in [3.63, 3.8) is 0 Å². The second-order valence-electron chi connectivity index (χ2n) is 9.54. The van der Waals surface area contributed by atoms with Gasteiger partial charge in [-0.05, 0) is 93.1 Å². The van der Waals surface area contributed by atoms with Gasteiger partial charge in [0, 0.05) is 28.9 Å². The molecule has 7 heteroatoms. The number of nitrogens with zero attached hydrogens (tertiary/aromatic N) is 1. The number of hydrogen-bond acceptors (Lipinski definition) is 4. The van der Waals surface area contributed by atoms with Crippen LogP contribution in [0.25, 0.3) is 0 Å². The number of hydrogen-bond donors (Lipinski definition) is 1. The van der Waals surface area contributed by atoms with Crippen LogP contribution in [-0.4, -0.2) is 50.7 Å². The Hall–Kier alpha value is -1.89. The summed E-state index contributed by atoms with van der Waals surface area (Å²) in [6.45, 7) is 2.14. The van der Waals surface area contributed by atoms with Crippen molar-refractivity contribution in [1.82, 2.24) is 10.2 Å². The number of sulfone groups is 1. The molecule has 5 nitrogen and oxygen atoms in total. The molecule has 33 heavy (non-hydrogen) atoms. The molecule has 2 aliphatic rings. The Morgan fingerprint density at radius 2 is 1.61 bits per heavy atom. The molecule has 0 unspecified atom stereocenters. The molecule has 1 aliphatic carbocycles. The summed E-state index contributed by atoms with van der Waals surface area (Å²) < 4.78 is 23.4. The normalized spacial score (nSPS) is 22.7. The summed E-state index contributed by atoms with van der Waals surface area (Å²) in [4.78, 5) is 15.7. The quantitative estimate of drug-likeness (QED) is 0.637. The van der Waals surface area contributed by atoms with Gasteiger partial charge in [0.25, 0.3) is 5.91 Å². The van der Waals surface area contributed by atoms with E-state index in [1.807, 2.05) is 12.1 Å². The van der Waals surface area contributed by atoms with Crippen LogP contribution in [0.1, 0.15) is 54.4 Å². The molecule has 0 aromatic heterocycles. The minimum Gasteiger partial charge on any atom is -0.348 e. The van der Waals surface area contributed by atoms with E-state index in [2.05, 4.69) is 22.3 Å². The lowest BCUT2D eigenvalue weighted by atomic mass is 9.85. The van der Waals surface area contributed by atoms with E-state index in [0.717, 1.165) is 43.8 Å². The van der Waals surface area contributed by atoms with Crippen molar-refractivity contribution >= 4 is 27.3 Å². The Labute approximate surface area is 202 Å². The van der Waals surface area contributed by atoms with Crippen molar-refractivity contribution in [3.05, 3.63) is 64.7 Å². The molecule has 0 spiro atoms. The molecule has 2 atom stereocenters. The van der Waals surface area contributed by atoms with Crippen LogP contribution in [-0.2, 0) is 16.3 Å². The van der Waals surface area contributed by atoms with Crippen molar-refractivity contribution in [3.8, 4) is 0 Å². The summed E-state index contributed by atoms with van der Waals surface area (Å²) in [7, 11) is -3.27. The second kappa shape index (κ2) is 10.6. The van der Waals surface area contributed by atoms with Gasteiger partial charge < -0.3 is 5.32 Å². The molecular formula is C26H33ClN2O3S. The first-order valence-electron chi connectivity index (χ1n) is 11.9. The van der Waals surface area contributed by atoms with Crippen molar-refractivity contribution in [2.75, 3.05) is 19.3 Å². The van der Waals surface area contributed by atoms with E-state index >= 15 is 0 Å². The van der Waals surface area contributed by atoms with Gasteiger partial charge >= 0.3 is 0 Å². The average Bonchev–Trinajstić information content (AvgIpc) is 2.81. The lowest BCUT2D eigenvalue weighted by Crippen LogP contribution is -2.55. The van der Waals surface area contributed by atoms with Crippen LogP contribution in [0.15, 0.2) is 53.4 Å². The van der Waals surface area contributed by atoms with Gasteiger partial charge in [-0.1, -0.05) is 36.6 Å². The van der Waals surface area contributed by atoms with Gasteiger partial charge in [0.15, 0.2) is 9.84 Å². The highest BCUT2D eigenvalue weighted by Crippen LogP contribution is 2.29. The number of benzene rings is 2. The minimum absolute atomic E-state index is 0.121. The smallest absolute Gasteiger partial charge is 0.251 e. The molecular weight excluding hydrogens is 456 g/mol. The largest absolute Gasteiger partial charge is 0.348 e. The summed E-state index contributed by atoms with van der Waals surface area (Å²) in [6, 6.07) is 14.9. The van der Waals surface area contributed by atoms with Crippen molar-refractivity contribution in [1.29, 1.82) is 0 Å². The molecule has 2 aromatic rings. The molecule has 4 rings (SSSR count). The number of rotatable bonds is 6. The molecule has 2 aromatic carbocycles. The topological polar surface area (TPSA) is 66.5 Å². The van der Waals surface area contributed by atoms with E-state index in [1.165, 1.54) is 43.2 Å². The highest BCUT2D eigenvalue weighted by molar-refractivity contribution is 7.90.